The highest BCUT2D eigenvalue weighted by atomic mass is 32.1. The zero-order valence-corrected chi connectivity index (χ0v) is 12.6. The number of carboxylic acid groups (broad SMARTS) is 1. The van der Waals surface area contributed by atoms with Crippen molar-refractivity contribution in [2.24, 2.45) is 11.8 Å². The molecule has 0 bridgehead atoms. The molecule has 1 fully saturated rings. The number of carbonyl (C=O) groups is 2. The molecule has 110 valence electrons. The molecule has 0 spiro atoms. The van der Waals surface area contributed by atoms with Gasteiger partial charge in [-0.25, -0.2) is 0 Å². The minimum absolute atomic E-state index is 0.0191. The summed E-state index contributed by atoms with van der Waals surface area (Å²) in [5.74, 6) is -1.20. The molecule has 0 aliphatic carbocycles. The minimum Gasteiger partial charge on any atom is -0.481 e. The van der Waals surface area contributed by atoms with Crippen LogP contribution in [0.15, 0.2) is 29.6 Å². The van der Waals surface area contributed by atoms with Crippen LogP contribution in [0.3, 0.4) is 0 Å². The van der Waals surface area contributed by atoms with Gasteiger partial charge in [-0.15, -0.1) is 11.3 Å². The normalized spacial score (nSPS) is 21.9. The molecule has 1 aliphatic rings. The number of carbonyl (C=O) groups excluding carboxylic acids is 1. The molecule has 1 saturated heterocycles. The van der Waals surface area contributed by atoms with E-state index in [0.717, 1.165) is 10.9 Å². The van der Waals surface area contributed by atoms with Crippen LogP contribution in [0.5, 0.6) is 0 Å². The molecule has 0 radical (unpaired) electrons. The van der Waals surface area contributed by atoms with Gasteiger partial charge in [0.25, 0.3) is 0 Å². The van der Waals surface area contributed by atoms with Crippen LogP contribution in [-0.4, -0.2) is 35.0 Å². The summed E-state index contributed by atoms with van der Waals surface area (Å²) in [5, 5.41) is 12.3. The Bertz CT molecular complexity index is 694. The maximum Gasteiger partial charge on any atom is 0.308 e. The molecule has 1 aliphatic heterocycles. The van der Waals surface area contributed by atoms with E-state index in [2.05, 4.69) is 0 Å². The molecule has 3 rings (SSSR count). The molecule has 0 saturated carbocycles. The van der Waals surface area contributed by atoms with Crippen LogP contribution in [0.4, 0.5) is 0 Å². The third-order valence-electron chi connectivity index (χ3n) is 4.19. The first-order chi connectivity index (χ1) is 10.1. The number of aliphatic carboxylic acids is 1. The van der Waals surface area contributed by atoms with Gasteiger partial charge in [-0.3, -0.25) is 9.59 Å². The number of hydrogen-bond acceptors (Lipinski definition) is 3. The molecule has 1 N–H and O–H groups in total. The van der Waals surface area contributed by atoms with Crippen molar-refractivity contribution in [2.75, 3.05) is 13.1 Å². The van der Waals surface area contributed by atoms with E-state index in [9.17, 15) is 9.59 Å². The van der Waals surface area contributed by atoms with Crippen molar-refractivity contribution in [3.8, 4) is 0 Å². The van der Waals surface area contributed by atoms with Gasteiger partial charge in [0.2, 0.25) is 5.91 Å². The van der Waals surface area contributed by atoms with Crippen LogP contribution in [0.25, 0.3) is 10.1 Å². The third-order valence-corrected chi connectivity index (χ3v) is 5.20. The maximum absolute atomic E-state index is 12.4. The van der Waals surface area contributed by atoms with Crippen LogP contribution in [-0.2, 0) is 16.0 Å². The van der Waals surface area contributed by atoms with Crippen molar-refractivity contribution in [1.82, 2.24) is 4.90 Å². The van der Waals surface area contributed by atoms with Gasteiger partial charge in [-0.1, -0.05) is 25.1 Å². The largest absolute Gasteiger partial charge is 0.481 e. The molecule has 2 atom stereocenters. The summed E-state index contributed by atoms with van der Waals surface area (Å²) in [5.41, 5.74) is 1.03. The lowest BCUT2D eigenvalue weighted by Gasteiger charge is -2.15. The van der Waals surface area contributed by atoms with E-state index in [-0.39, 0.29) is 11.8 Å². The van der Waals surface area contributed by atoms with Gasteiger partial charge in [0.1, 0.15) is 0 Å². The highest BCUT2D eigenvalue weighted by Crippen LogP contribution is 2.28. The molecule has 21 heavy (non-hydrogen) atoms. The summed E-state index contributed by atoms with van der Waals surface area (Å²) in [7, 11) is 0. The molecule has 2 aromatic rings. The van der Waals surface area contributed by atoms with Crippen molar-refractivity contribution in [3.05, 3.63) is 35.2 Å². The lowest BCUT2D eigenvalue weighted by Crippen LogP contribution is -2.31. The molecule has 1 aromatic carbocycles. The summed E-state index contributed by atoms with van der Waals surface area (Å²) in [6.45, 7) is 2.77. The molecule has 4 nitrogen and oxygen atoms in total. The van der Waals surface area contributed by atoms with Crippen LogP contribution in [0.2, 0.25) is 0 Å². The first-order valence-corrected chi connectivity index (χ1v) is 7.90. The molecular formula is C16H17NO3S. The van der Waals surface area contributed by atoms with Gasteiger partial charge in [0, 0.05) is 17.8 Å². The Hall–Kier alpha value is -1.88. The molecular weight excluding hydrogens is 286 g/mol. The fraction of sp³-hybridized carbons (Fsp3) is 0.375. The number of fused-ring (bicyclic) bond motifs is 1. The highest BCUT2D eigenvalue weighted by molar-refractivity contribution is 7.17. The molecule has 2 heterocycles. The highest BCUT2D eigenvalue weighted by Gasteiger charge is 2.36. The topological polar surface area (TPSA) is 57.6 Å². The van der Waals surface area contributed by atoms with Gasteiger partial charge in [0.05, 0.1) is 12.3 Å². The van der Waals surface area contributed by atoms with Crippen molar-refractivity contribution < 1.29 is 14.7 Å². The molecule has 5 heteroatoms. The summed E-state index contributed by atoms with van der Waals surface area (Å²) in [4.78, 5) is 25.2. The maximum atomic E-state index is 12.4. The van der Waals surface area contributed by atoms with E-state index in [1.807, 2.05) is 36.6 Å². The second-order valence-corrected chi connectivity index (χ2v) is 6.57. The van der Waals surface area contributed by atoms with Crippen LogP contribution in [0, 0.1) is 11.8 Å². The Morgan fingerprint density at radius 3 is 2.81 bits per heavy atom. The van der Waals surface area contributed by atoms with E-state index in [0.29, 0.717) is 19.5 Å². The van der Waals surface area contributed by atoms with Crippen molar-refractivity contribution >= 4 is 33.3 Å². The third kappa shape index (κ3) is 2.65. The summed E-state index contributed by atoms with van der Waals surface area (Å²) < 4.78 is 1.18. The second kappa shape index (κ2) is 5.48. The van der Waals surface area contributed by atoms with Crippen LogP contribution >= 0.6 is 11.3 Å². The van der Waals surface area contributed by atoms with E-state index in [4.69, 9.17) is 5.11 Å². The predicted octanol–water partition coefficient (Wildman–Crippen LogP) is 2.62. The van der Waals surface area contributed by atoms with E-state index in [1.54, 1.807) is 16.2 Å². The first-order valence-electron chi connectivity index (χ1n) is 7.02. The lowest BCUT2D eigenvalue weighted by atomic mass is 9.99. The van der Waals surface area contributed by atoms with Gasteiger partial charge < -0.3 is 10.0 Å². The zero-order valence-electron chi connectivity index (χ0n) is 11.8. The number of hydrogen-bond donors (Lipinski definition) is 1. The number of amides is 1. The monoisotopic (exact) mass is 303 g/mol. The fourth-order valence-corrected chi connectivity index (χ4v) is 3.90. The van der Waals surface area contributed by atoms with E-state index < -0.39 is 11.9 Å². The number of thiophene rings is 1. The first kappa shape index (κ1) is 14.1. The summed E-state index contributed by atoms with van der Waals surface area (Å²) >= 11 is 1.64. The average molecular weight is 303 g/mol. The van der Waals surface area contributed by atoms with Crippen LogP contribution < -0.4 is 0 Å². The Morgan fingerprint density at radius 1 is 1.33 bits per heavy atom. The quantitative estimate of drug-likeness (QED) is 0.948. The lowest BCUT2D eigenvalue weighted by molar-refractivity contribution is -0.142. The van der Waals surface area contributed by atoms with Gasteiger partial charge in [0.15, 0.2) is 0 Å². The van der Waals surface area contributed by atoms with E-state index in [1.165, 1.54) is 4.70 Å². The smallest absolute Gasteiger partial charge is 0.308 e. The van der Waals surface area contributed by atoms with Gasteiger partial charge in [-0.2, -0.15) is 0 Å². The Balaban J connectivity index is 1.74. The Labute approximate surface area is 127 Å². The Kier molecular flexibility index (Phi) is 3.68. The molecule has 1 aromatic heterocycles. The molecule has 1 amide bonds. The van der Waals surface area contributed by atoms with Gasteiger partial charge >= 0.3 is 5.97 Å². The standard InChI is InChI=1S/C16H17NO3S/c1-10-7-17(8-13(10)16(19)20)15(18)6-11-9-21-14-5-3-2-4-12(11)14/h2-5,9-10,13H,6-8H2,1H3,(H,19,20)/t10-,13-/m1/s1. The number of likely N-dealkylation sites (tertiary alicyclic amines) is 1. The van der Waals surface area contributed by atoms with Crippen LogP contribution in [0.1, 0.15) is 12.5 Å². The SMILES string of the molecule is C[C@@H]1CN(C(=O)Cc2csc3ccccc23)C[C@H]1C(=O)O. The average Bonchev–Trinajstić information content (AvgIpc) is 3.03. The number of nitrogens with zero attached hydrogens (tertiary/aromatic N) is 1. The fourth-order valence-electron chi connectivity index (χ4n) is 2.94. The predicted molar refractivity (Wildman–Crippen MR) is 82.4 cm³/mol. The number of rotatable bonds is 3. The van der Waals surface area contributed by atoms with Crippen molar-refractivity contribution in [3.63, 3.8) is 0 Å². The number of carboxylic acids is 1. The van der Waals surface area contributed by atoms with Crippen molar-refractivity contribution in [2.45, 2.75) is 13.3 Å². The summed E-state index contributed by atoms with van der Waals surface area (Å²) in [6, 6.07) is 8.04. The zero-order chi connectivity index (χ0) is 15.0. The minimum atomic E-state index is -0.807. The van der Waals surface area contributed by atoms with Gasteiger partial charge in [-0.05, 0) is 28.3 Å². The van der Waals surface area contributed by atoms with Crippen molar-refractivity contribution in [1.29, 1.82) is 0 Å². The second-order valence-electron chi connectivity index (χ2n) is 5.65. The summed E-state index contributed by atoms with van der Waals surface area (Å²) in [6.07, 6.45) is 0.350. The Morgan fingerprint density at radius 2 is 2.10 bits per heavy atom. The number of benzene rings is 1. The molecule has 0 unspecified atom stereocenters. The van der Waals surface area contributed by atoms with E-state index >= 15 is 0 Å².